The third-order valence-corrected chi connectivity index (χ3v) is 10.8. The maximum Gasteiger partial charge on any atom is 0.316 e. The fourth-order valence-corrected chi connectivity index (χ4v) is 7.66. The second-order valence-electron chi connectivity index (χ2n) is 9.39. The summed E-state index contributed by atoms with van der Waals surface area (Å²) in [5.74, 6) is -1.08. The van der Waals surface area contributed by atoms with Crippen LogP contribution in [0.4, 0.5) is 11.4 Å². The SMILES string of the molecule is O=C(COC(=O)CSc1ccc2ccccc2c1Br)Nc1cc(S(=O)(=O)N2CCOCC2)ccc1N1CCOCC1. The van der Waals surface area contributed by atoms with Crippen LogP contribution in [0.2, 0.25) is 0 Å². The zero-order chi connectivity index (χ0) is 28.8. The molecule has 2 heterocycles. The molecule has 0 saturated carbocycles. The lowest BCUT2D eigenvalue weighted by molar-refractivity contribution is -0.144. The van der Waals surface area contributed by atoms with Gasteiger partial charge in [-0.2, -0.15) is 4.31 Å². The Hall–Kier alpha value is -2.68. The number of nitrogens with zero attached hydrogens (tertiary/aromatic N) is 2. The lowest BCUT2D eigenvalue weighted by atomic mass is 10.1. The van der Waals surface area contributed by atoms with E-state index in [1.165, 1.54) is 22.1 Å². The number of carbonyl (C=O) groups excluding carboxylic acids is 2. The van der Waals surface area contributed by atoms with Gasteiger partial charge in [-0.15, -0.1) is 11.8 Å². The summed E-state index contributed by atoms with van der Waals surface area (Å²) in [6.07, 6.45) is 0. The van der Waals surface area contributed by atoms with Crippen molar-refractivity contribution in [3.63, 3.8) is 0 Å². The topological polar surface area (TPSA) is 114 Å². The van der Waals surface area contributed by atoms with Crippen LogP contribution in [0.3, 0.4) is 0 Å². The lowest BCUT2D eigenvalue weighted by Gasteiger charge is -2.31. The average Bonchev–Trinajstić information content (AvgIpc) is 3.00. The molecule has 1 amide bonds. The number of benzene rings is 3. The summed E-state index contributed by atoms with van der Waals surface area (Å²) in [4.78, 5) is 28.3. The first-order valence-corrected chi connectivity index (χ1v) is 16.3. The van der Waals surface area contributed by atoms with Crippen LogP contribution in [0.25, 0.3) is 10.8 Å². The predicted molar refractivity (Wildman–Crippen MR) is 161 cm³/mol. The van der Waals surface area contributed by atoms with Crippen LogP contribution < -0.4 is 10.2 Å². The van der Waals surface area contributed by atoms with E-state index < -0.39 is 28.5 Å². The highest BCUT2D eigenvalue weighted by Gasteiger charge is 2.28. The van der Waals surface area contributed by atoms with Gasteiger partial charge in [0, 0.05) is 35.5 Å². The monoisotopic (exact) mass is 663 g/mol. The number of nitrogens with one attached hydrogen (secondary N) is 1. The standard InChI is InChI=1S/C28H30BrN3O7S2/c29-28-22-4-2-1-3-20(22)5-8-25(28)40-19-27(34)39-18-26(33)30-23-17-21(41(35,36)32-11-15-38-16-12-32)6-7-24(23)31-9-13-37-14-10-31/h1-8,17H,9-16,18-19H2,(H,30,33). The molecule has 0 atom stereocenters. The van der Waals surface area contributed by atoms with Crippen LogP contribution in [0.15, 0.2) is 68.9 Å². The number of sulfonamides is 1. The summed E-state index contributed by atoms with van der Waals surface area (Å²) in [7, 11) is -3.78. The number of halogens is 1. The molecule has 41 heavy (non-hydrogen) atoms. The summed E-state index contributed by atoms with van der Waals surface area (Å²) in [6, 6.07) is 16.6. The number of anilines is 2. The Kier molecular flexibility index (Phi) is 9.83. The quantitative estimate of drug-likeness (QED) is 0.270. The van der Waals surface area contributed by atoms with E-state index in [9.17, 15) is 18.0 Å². The van der Waals surface area contributed by atoms with Crippen LogP contribution >= 0.6 is 27.7 Å². The first kappa shape index (κ1) is 29.8. The lowest BCUT2D eigenvalue weighted by Crippen LogP contribution is -2.40. The number of hydrogen-bond acceptors (Lipinski definition) is 9. The molecule has 0 aliphatic carbocycles. The number of ether oxygens (including phenoxy) is 3. The number of amides is 1. The molecule has 2 aliphatic rings. The van der Waals surface area contributed by atoms with Crippen molar-refractivity contribution >= 4 is 71.7 Å². The van der Waals surface area contributed by atoms with Gasteiger partial charge in [-0.3, -0.25) is 9.59 Å². The predicted octanol–water partition coefficient (Wildman–Crippen LogP) is 3.73. The molecule has 0 bridgehead atoms. The van der Waals surface area contributed by atoms with Crippen molar-refractivity contribution in [2.75, 3.05) is 75.2 Å². The van der Waals surface area contributed by atoms with Gasteiger partial charge >= 0.3 is 5.97 Å². The Balaban J connectivity index is 1.24. The molecule has 13 heteroatoms. The molecule has 0 radical (unpaired) electrons. The third kappa shape index (κ3) is 7.22. The van der Waals surface area contributed by atoms with Crippen molar-refractivity contribution in [2.45, 2.75) is 9.79 Å². The molecule has 3 aromatic rings. The summed E-state index contributed by atoms with van der Waals surface area (Å²) in [5, 5.41) is 4.89. The van der Waals surface area contributed by atoms with Gasteiger partial charge in [-0.05, 0) is 51.0 Å². The van der Waals surface area contributed by atoms with Gasteiger partial charge in [-0.1, -0.05) is 30.3 Å². The average molecular weight is 665 g/mol. The van der Waals surface area contributed by atoms with Gasteiger partial charge in [-0.25, -0.2) is 8.42 Å². The van der Waals surface area contributed by atoms with E-state index in [0.717, 1.165) is 20.1 Å². The van der Waals surface area contributed by atoms with Crippen molar-refractivity contribution in [1.29, 1.82) is 0 Å². The van der Waals surface area contributed by atoms with Gasteiger partial charge in [0.05, 0.1) is 48.5 Å². The molecule has 0 spiro atoms. The third-order valence-electron chi connectivity index (χ3n) is 6.74. The van der Waals surface area contributed by atoms with Crippen LogP contribution in [-0.2, 0) is 33.8 Å². The molecule has 218 valence electrons. The molecule has 2 aliphatic heterocycles. The molecule has 2 fully saturated rings. The molecule has 3 aromatic carbocycles. The number of thioether (sulfide) groups is 1. The van der Waals surface area contributed by atoms with Gasteiger partial charge in [0.1, 0.15) is 0 Å². The number of esters is 1. The van der Waals surface area contributed by atoms with E-state index in [1.54, 1.807) is 12.1 Å². The van der Waals surface area contributed by atoms with Crippen molar-refractivity contribution in [1.82, 2.24) is 4.31 Å². The van der Waals surface area contributed by atoms with E-state index in [2.05, 4.69) is 21.2 Å². The molecule has 1 N–H and O–H groups in total. The minimum absolute atomic E-state index is 0.0243. The van der Waals surface area contributed by atoms with E-state index in [0.29, 0.717) is 50.9 Å². The summed E-state index contributed by atoms with van der Waals surface area (Å²) in [5.41, 5.74) is 1.00. The Bertz CT molecular complexity index is 1520. The van der Waals surface area contributed by atoms with Crippen molar-refractivity contribution in [2.24, 2.45) is 0 Å². The molecule has 2 saturated heterocycles. The number of morpholine rings is 2. The Labute approximate surface area is 251 Å². The van der Waals surface area contributed by atoms with E-state index in [-0.39, 0.29) is 23.7 Å². The van der Waals surface area contributed by atoms with Crippen molar-refractivity contribution < 1.29 is 32.2 Å². The summed E-state index contributed by atoms with van der Waals surface area (Å²) in [6.45, 7) is 2.91. The zero-order valence-electron chi connectivity index (χ0n) is 22.2. The normalized spacial score (nSPS) is 16.5. The maximum absolute atomic E-state index is 13.3. The number of carbonyl (C=O) groups is 2. The Morgan fingerprint density at radius 3 is 2.41 bits per heavy atom. The molecule has 5 rings (SSSR count). The van der Waals surface area contributed by atoms with Gasteiger partial charge < -0.3 is 24.4 Å². The van der Waals surface area contributed by atoms with Crippen LogP contribution in [0.5, 0.6) is 0 Å². The van der Waals surface area contributed by atoms with Crippen LogP contribution in [0.1, 0.15) is 0 Å². The number of rotatable bonds is 9. The van der Waals surface area contributed by atoms with Gasteiger partial charge in [0.25, 0.3) is 5.91 Å². The van der Waals surface area contributed by atoms with E-state index in [4.69, 9.17) is 14.2 Å². The molecule has 0 unspecified atom stereocenters. The first-order valence-electron chi connectivity index (χ1n) is 13.1. The van der Waals surface area contributed by atoms with Crippen molar-refractivity contribution in [3.05, 3.63) is 59.1 Å². The fourth-order valence-electron chi connectivity index (χ4n) is 4.63. The van der Waals surface area contributed by atoms with Crippen LogP contribution in [-0.4, -0.2) is 89.6 Å². The fraction of sp³-hybridized carbons (Fsp3) is 0.357. The maximum atomic E-state index is 13.3. The van der Waals surface area contributed by atoms with Crippen LogP contribution in [0, 0.1) is 0 Å². The summed E-state index contributed by atoms with van der Waals surface area (Å²) >= 11 is 4.93. The number of hydrogen-bond donors (Lipinski definition) is 1. The molecule has 0 aromatic heterocycles. The molecular weight excluding hydrogens is 634 g/mol. The summed E-state index contributed by atoms with van der Waals surface area (Å²) < 4.78 is 44.8. The zero-order valence-corrected chi connectivity index (χ0v) is 25.4. The first-order chi connectivity index (χ1) is 19.8. The highest BCUT2D eigenvalue weighted by atomic mass is 79.9. The Morgan fingerprint density at radius 1 is 0.951 bits per heavy atom. The second-order valence-corrected chi connectivity index (χ2v) is 13.1. The smallest absolute Gasteiger partial charge is 0.316 e. The Morgan fingerprint density at radius 2 is 1.66 bits per heavy atom. The number of fused-ring (bicyclic) bond motifs is 1. The van der Waals surface area contributed by atoms with Crippen molar-refractivity contribution in [3.8, 4) is 0 Å². The highest BCUT2D eigenvalue weighted by Crippen LogP contribution is 2.34. The second kappa shape index (κ2) is 13.5. The molecule has 10 nitrogen and oxygen atoms in total. The largest absolute Gasteiger partial charge is 0.455 e. The minimum atomic E-state index is -3.78. The van der Waals surface area contributed by atoms with E-state index in [1.807, 2.05) is 41.3 Å². The van der Waals surface area contributed by atoms with Gasteiger partial charge in [0.2, 0.25) is 10.0 Å². The molecular formula is C28H30BrN3O7S2. The minimum Gasteiger partial charge on any atom is -0.455 e. The highest BCUT2D eigenvalue weighted by molar-refractivity contribution is 9.10. The van der Waals surface area contributed by atoms with E-state index >= 15 is 0 Å². The van der Waals surface area contributed by atoms with Gasteiger partial charge in [0.15, 0.2) is 6.61 Å².